The molecule has 1 saturated heterocycles. The van der Waals surface area contributed by atoms with Crippen LogP contribution in [0.4, 0.5) is 0 Å². The molecule has 0 bridgehead atoms. The topological polar surface area (TPSA) is 101 Å². The van der Waals surface area contributed by atoms with Gasteiger partial charge < -0.3 is 15.6 Å². The second-order valence-corrected chi connectivity index (χ2v) is 5.58. The molecule has 2 aromatic rings. The summed E-state index contributed by atoms with van der Waals surface area (Å²) in [7, 11) is 0. The van der Waals surface area contributed by atoms with Crippen molar-refractivity contribution < 1.29 is 4.79 Å². The molecule has 3 N–H and O–H groups in total. The number of hydrogen-bond acceptors (Lipinski definition) is 5. The number of nitrogens with one attached hydrogen (secondary N) is 3. The molecule has 0 saturated carbocycles. The van der Waals surface area contributed by atoms with Gasteiger partial charge in [-0.1, -0.05) is 5.21 Å². The van der Waals surface area contributed by atoms with Crippen LogP contribution >= 0.6 is 0 Å². The second-order valence-electron chi connectivity index (χ2n) is 5.58. The van der Waals surface area contributed by atoms with Crippen molar-refractivity contribution in [3.8, 4) is 0 Å². The summed E-state index contributed by atoms with van der Waals surface area (Å²) in [5.74, 6) is 1.22. The normalized spacial score (nSPS) is 18.3. The summed E-state index contributed by atoms with van der Waals surface area (Å²) >= 11 is 0. The molecular weight excluding hydrogens is 282 g/mol. The average molecular weight is 303 g/mol. The maximum absolute atomic E-state index is 12.0. The van der Waals surface area contributed by atoms with E-state index in [9.17, 15) is 4.79 Å². The van der Waals surface area contributed by atoms with Gasteiger partial charge in [0.1, 0.15) is 5.82 Å². The Balaban J connectivity index is 1.46. The number of piperidine rings is 1. The molecule has 118 valence electrons. The third kappa shape index (κ3) is 3.91. The van der Waals surface area contributed by atoms with Crippen LogP contribution in [0.2, 0.25) is 0 Å². The highest BCUT2D eigenvalue weighted by Crippen LogP contribution is 2.11. The Labute approximate surface area is 128 Å². The molecule has 1 amide bonds. The van der Waals surface area contributed by atoms with Crippen LogP contribution in [-0.4, -0.2) is 50.5 Å². The summed E-state index contributed by atoms with van der Waals surface area (Å²) in [5, 5.41) is 14.2. The van der Waals surface area contributed by atoms with E-state index in [1.807, 2.05) is 0 Å². The lowest BCUT2D eigenvalue weighted by Gasteiger charge is -2.22. The van der Waals surface area contributed by atoms with Gasteiger partial charge in [-0.2, -0.15) is 0 Å². The fourth-order valence-corrected chi connectivity index (χ4v) is 2.66. The van der Waals surface area contributed by atoms with Gasteiger partial charge in [0.25, 0.3) is 5.91 Å². The van der Waals surface area contributed by atoms with E-state index in [2.05, 4.69) is 30.9 Å². The van der Waals surface area contributed by atoms with Gasteiger partial charge >= 0.3 is 0 Å². The molecule has 0 spiro atoms. The Bertz CT molecular complexity index is 586. The van der Waals surface area contributed by atoms with E-state index in [0.29, 0.717) is 24.6 Å². The van der Waals surface area contributed by atoms with Gasteiger partial charge in [-0.05, 0) is 31.8 Å². The van der Waals surface area contributed by atoms with E-state index >= 15 is 0 Å². The van der Waals surface area contributed by atoms with E-state index in [1.54, 1.807) is 23.3 Å². The van der Waals surface area contributed by atoms with Gasteiger partial charge in [-0.25, -0.2) is 4.98 Å². The fraction of sp³-hybridized carbons (Fsp3) is 0.571. The van der Waals surface area contributed by atoms with E-state index in [-0.39, 0.29) is 5.91 Å². The van der Waals surface area contributed by atoms with Crippen molar-refractivity contribution in [1.29, 1.82) is 0 Å². The highest BCUT2D eigenvalue weighted by Gasteiger charge is 2.16. The largest absolute Gasteiger partial charge is 0.350 e. The maximum atomic E-state index is 12.0. The Hall–Kier alpha value is -2.22. The highest BCUT2D eigenvalue weighted by atomic mass is 16.2. The molecule has 0 unspecified atom stereocenters. The lowest BCUT2D eigenvalue weighted by molar-refractivity contribution is 0.0949. The number of amides is 1. The molecule has 2 aromatic heterocycles. The minimum Gasteiger partial charge on any atom is -0.350 e. The van der Waals surface area contributed by atoms with Crippen LogP contribution in [0.5, 0.6) is 0 Å². The van der Waals surface area contributed by atoms with Crippen LogP contribution in [0.15, 0.2) is 18.6 Å². The van der Waals surface area contributed by atoms with E-state index < -0.39 is 0 Å². The lowest BCUT2D eigenvalue weighted by atomic mass is 10.00. The van der Waals surface area contributed by atoms with Gasteiger partial charge in [0.15, 0.2) is 5.69 Å². The van der Waals surface area contributed by atoms with Gasteiger partial charge in [0, 0.05) is 31.9 Å². The number of hydrogen-bond donors (Lipinski definition) is 3. The van der Waals surface area contributed by atoms with E-state index in [0.717, 1.165) is 25.5 Å². The summed E-state index contributed by atoms with van der Waals surface area (Å²) in [6.07, 6.45) is 8.24. The van der Waals surface area contributed by atoms with Crippen molar-refractivity contribution in [3.63, 3.8) is 0 Å². The zero-order chi connectivity index (χ0) is 15.2. The van der Waals surface area contributed by atoms with Crippen molar-refractivity contribution in [1.82, 2.24) is 35.6 Å². The number of imidazole rings is 1. The predicted molar refractivity (Wildman–Crippen MR) is 80.2 cm³/mol. The molecule has 1 aliphatic rings. The van der Waals surface area contributed by atoms with Gasteiger partial charge in [0.2, 0.25) is 0 Å². The first kappa shape index (κ1) is 14.7. The number of nitrogens with zero attached hydrogens (tertiary/aromatic N) is 4. The Morgan fingerprint density at radius 2 is 2.45 bits per heavy atom. The van der Waals surface area contributed by atoms with Crippen LogP contribution in [0.3, 0.4) is 0 Å². The molecule has 22 heavy (non-hydrogen) atoms. The molecule has 0 aromatic carbocycles. The first-order chi connectivity index (χ1) is 10.8. The summed E-state index contributed by atoms with van der Waals surface area (Å²) in [6, 6.07) is 0. The zero-order valence-corrected chi connectivity index (χ0v) is 12.5. The Kier molecular flexibility index (Phi) is 4.79. The number of rotatable bonds is 6. The summed E-state index contributed by atoms with van der Waals surface area (Å²) in [4.78, 5) is 19.1. The summed E-state index contributed by atoms with van der Waals surface area (Å²) in [5.41, 5.74) is 0.364. The predicted octanol–water partition coefficient (Wildman–Crippen LogP) is -0.0267. The van der Waals surface area contributed by atoms with Crippen molar-refractivity contribution in [2.45, 2.75) is 25.8 Å². The number of carbonyl (C=O) groups excluding carboxylic acids is 1. The number of carbonyl (C=O) groups is 1. The molecular formula is C14H21N7O. The van der Waals surface area contributed by atoms with Crippen LogP contribution in [-0.2, 0) is 13.0 Å². The van der Waals surface area contributed by atoms with Crippen LogP contribution in [0.25, 0.3) is 0 Å². The SMILES string of the molecule is O=C(NCCc1ncc[nH]1)c1cn(C[C@@H]2CCCNC2)nn1. The minimum atomic E-state index is -0.195. The van der Waals surface area contributed by atoms with Crippen molar-refractivity contribution >= 4 is 5.91 Å². The van der Waals surface area contributed by atoms with Crippen molar-refractivity contribution in [2.24, 2.45) is 5.92 Å². The molecule has 0 radical (unpaired) electrons. The zero-order valence-electron chi connectivity index (χ0n) is 12.5. The average Bonchev–Trinajstić information content (AvgIpc) is 3.20. The van der Waals surface area contributed by atoms with Gasteiger partial charge in [-0.15, -0.1) is 5.10 Å². The molecule has 1 atom stereocenters. The van der Waals surface area contributed by atoms with E-state index in [1.165, 1.54) is 12.8 Å². The molecule has 3 heterocycles. The minimum absolute atomic E-state index is 0.195. The molecule has 8 nitrogen and oxygen atoms in total. The molecule has 3 rings (SSSR count). The van der Waals surface area contributed by atoms with Crippen LogP contribution in [0, 0.1) is 5.92 Å². The van der Waals surface area contributed by atoms with Crippen molar-refractivity contribution in [3.05, 3.63) is 30.1 Å². The first-order valence-electron chi connectivity index (χ1n) is 7.68. The van der Waals surface area contributed by atoms with Gasteiger partial charge in [0.05, 0.1) is 6.20 Å². The van der Waals surface area contributed by atoms with Crippen LogP contribution < -0.4 is 10.6 Å². The maximum Gasteiger partial charge on any atom is 0.273 e. The summed E-state index contributed by atoms with van der Waals surface area (Å²) < 4.78 is 1.76. The van der Waals surface area contributed by atoms with Crippen molar-refractivity contribution in [2.75, 3.05) is 19.6 Å². The monoisotopic (exact) mass is 303 g/mol. The molecule has 8 heteroatoms. The molecule has 0 aliphatic carbocycles. The van der Waals surface area contributed by atoms with Crippen LogP contribution in [0.1, 0.15) is 29.2 Å². The number of aromatic nitrogens is 5. The number of aromatic amines is 1. The Morgan fingerprint density at radius 1 is 1.50 bits per heavy atom. The smallest absolute Gasteiger partial charge is 0.273 e. The number of H-pyrrole nitrogens is 1. The quantitative estimate of drug-likeness (QED) is 0.696. The van der Waals surface area contributed by atoms with E-state index in [4.69, 9.17) is 0 Å². The highest BCUT2D eigenvalue weighted by molar-refractivity contribution is 5.91. The van der Waals surface area contributed by atoms with Gasteiger partial charge in [-0.3, -0.25) is 9.48 Å². The second kappa shape index (κ2) is 7.17. The third-order valence-electron chi connectivity index (χ3n) is 3.82. The fourth-order valence-electron chi connectivity index (χ4n) is 2.66. The molecule has 1 fully saturated rings. The summed E-state index contributed by atoms with van der Waals surface area (Å²) in [6.45, 7) is 3.42. The Morgan fingerprint density at radius 3 is 3.23 bits per heavy atom. The third-order valence-corrected chi connectivity index (χ3v) is 3.82. The standard InChI is InChI=1S/C14H21N7O/c22-14(18-5-3-13-16-6-7-17-13)12-10-21(20-19-12)9-11-2-1-4-15-8-11/h6-7,10-11,15H,1-5,8-9H2,(H,16,17)(H,18,22)/t11-/m1/s1. The lowest BCUT2D eigenvalue weighted by Crippen LogP contribution is -2.32. The molecule has 1 aliphatic heterocycles. The first-order valence-corrected chi connectivity index (χ1v) is 7.68.